The number of hydrogen-bond acceptors (Lipinski definition) is 3. The van der Waals surface area contributed by atoms with Crippen molar-refractivity contribution in [1.82, 2.24) is 10.6 Å². The largest absolute Gasteiger partial charge is 0.374 e. The molecule has 0 aliphatic carbocycles. The van der Waals surface area contributed by atoms with E-state index in [-0.39, 0.29) is 11.8 Å². The first-order valence-electron chi connectivity index (χ1n) is 9.13. The quantitative estimate of drug-likeness (QED) is 0.312. The highest BCUT2D eigenvalue weighted by Gasteiger charge is 2.21. The fraction of sp³-hybridized carbons (Fsp3) is 0.286. The summed E-state index contributed by atoms with van der Waals surface area (Å²) in [6.45, 7) is 2.49. The van der Waals surface area contributed by atoms with E-state index in [4.69, 9.17) is 5.41 Å². The molecule has 0 saturated carbocycles. The summed E-state index contributed by atoms with van der Waals surface area (Å²) < 4.78 is 0. The van der Waals surface area contributed by atoms with Gasteiger partial charge in [-0.3, -0.25) is 15.0 Å². The lowest BCUT2D eigenvalue weighted by atomic mass is 10.1. The molecule has 27 heavy (non-hydrogen) atoms. The second-order valence-corrected chi connectivity index (χ2v) is 6.15. The summed E-state index contributed by atoms with van der Waals surface area (Å²) in [5.41, 5.74) is 1.20. The van der Waals surface area contributed by atoms with Crippen LogP contribution in [0.4, 0.5) is 5.69 Å². The first-order chi connectivity index (χ1) is 13.1. The number of hydrogen-bond donors (Lipinski definition) is 4. The predicted molar refractivity (Wildman–Crippen MR) is 108 cm³/mol. The van der Waals surface area contributed by atoms with Crippen molar-refractivity contribution in [3.05, 3.63) is 66.2 Å². The lowest BCUT2D eigenvalue weighted by molar-refractivity contribution is -0.118. The monoisotopic (exact) mass is 366 g/mol. The van der Waals surface area contributed by atoms with Crippen molar-refractivity contribution in [3.63, 3.8) is 0 Å². The van der Waals surface area contributed by atoms with Gasteiger partial charge >= 0.3 is 0 Å². The molecular formula is C21H26N4O2. The highest BCUT2D eigenvalue weighted by atomic mass is 16.2. The zero-order chi connectivity index (χ0) is 19.5. The van der Waals surface area contributed by atoms with Gasteiger partial charge in [0.1, 0.15) is 6.04 Å². The molecule has 4 N–H and O–H groups in total. The van der Waals surface area contributed by atoms with E-state index in [0.717, 1.165) is 0 Å². The van der Waals surface area contributed by atoms with Gasteiger partial charge in [-0.1, -0.05) is 43.3 Å². The maximum atomic E-state index is 12.7. The van der Waals surface area contributed by atoms with Crippen molar-refractivity contribution in [2.45, 2.75) is 32.2 Å². The van der Waals surface area contributed by atoms with Crippen LogP contribution < -0.4 is 16.0 Å². The van der Waals surface area contributed by atoms with Crippen LogP contribution in [0.2, 0.25) is 0 Å². The van der Waals surface area contributed by atoms with Crippen LogP contribution in [0.5, 0.6) is 0 Å². The molecule has 0 saturated heterocycles. The molecule has 2 aromatic carbocycles. The lowest BCUT2D eigenvalue weighted by Crippen LogP contribution is -2.44. The number of amidine groups is 1. The van der Waals surface area contributed by atoms with Crippen LogP contribution in [0.1, 0.15) is 36.5 Å². The summed E-state index contributed by atoms with van der Waals surface area (Å²) in [4.78, 5) is 25.1. The van der Waals surface area contributed by atoms with Crippen LogP contribution in [-0.4, -0.2) is 30.2 Å². The van der Waals surface area contributed by atoms with Gasteiger partial charge in [0.05, 0.1) is 5.84 Å². The summed E-state index contributed by atoms with van der Waals surface area (Å²) >= 11 is 0. The van der Waals surface area contributed by atoms with Crippen molar-refractivity contribution in [3.8, 4) is 0 Å². The van der Waals surface area contributed by atoms with Gasteiger partial charge in [-0.25, -0.2) is 0 Å². The summed E-state index contributed by atoms with van der Waals surface area (Å²) in [5.74, 6) is -0.0669. The molecule has 0 aliphatic heterocycles. The molecule has 2 aromatic rings. The van der Waals surface area contributed by atoms with Crippen molar-refractivity contribution < 1.29 is 9.59 Å². The topological polar surface area (TPSA) is 94.1 Å². The molecule has 2 rings (SSSR count). The molecule has 0 fully saturated rings. The Balaban J connectivity index is 1.99. The zero-order valence-electron chi connectivity index (χ0n) is 15.5. The first-order valence-corrected chi connectivity index (χ1v) is 9.13. The second kappa shape index (κ2) is 10.8. The van der Waals surface area contributed by atoms with E-state index in [0.29, 0.717) is 42.9 Å². The highest BCUT2D eigenvalue weighted by molar-refractivity contribution is 6.01. The minimum atomic E-state index is -0.657. The van der Waals surface area contributed by atoms with E-state index in [1.54, 1.807) is 36.4 Å². The van der Waals surface area contributed by atoms with E-state index < -0.39 is 6.04 Å². The molecule has 1 atom stereocenters. The van der Waals surface area contributed by atoms with Crippen molar-refractivity contribution in [2.24, 2.45) is 0 Å². The molecule has 0 aliphatic rings. The van der Waals surface area contributed by atoms with Gasteiger partial charge in [-0.05, 0) is 37.1 Å². The Morgan fingerprint density at radius 1 is 1.00 bits per heavy atom. The second-order valence-electron chi connectivity index (χ2n) is 6.15. The van der Waals surface area contributed by atoms with Gasteiger partial charge in [0.25, 0.3) is 5.91 Å². The summed E-state index contributed by atoms with van der Waals surface area (Å²) in [6.07, 6.45) is 1.77. The molecule has 0 unspecified atom stereocenters. The molecule has 0 aromatic heterocycles. The Morgan fingerprint density at radius 2 is 1.63 bits per heavy atom. The summed E-state index contributed by atoms with van der Waals surface area (Å²) in [7, 11) is 0. The van der Waals surface area contributed by atoms with Gasteiger partial charge in [-0.15, -0.1) is 0 Å². The number of rotatable bonds is 9. The SMILES string of the molecule is CCC(=N)NCCC[C@H](NC(=O)c1ccccc1)C(=O)Nc1ccccc1. The molecule has 2 amide bonds. The molecule has 6 nitrogen and oxygen atoms in total. The Hall–Kier alpha value is -3.15. The van der Waals surface area contributed by atoms with Gasteiger partial charge in [-0.2, -0.15) is 0 Å². The molecule has 6 heteroatoms. The van der Waals surface area contributed by atoms with Crippen molar-refractivity contribution >= 4 is 23.3 Å². The smallest absolute Gasteiger partial charge is 0.251 e. The molecular weight excluding hydrogens is 340 g/mol. The van der Waals surface area contributed by atoms with E-state index in [9.17, 15) is 9.59 Å². The Morgan fingerprint density at radius 3 is 2.26 bits per heavy atom. The van der Waals surface area contributed by atoms with Gasteiger partial charge in [0, 0.05) is 24.2 Å². The standard InChI is InChI=1S/C21H26N4O2/c1-2-19(22)23-15-9-14-18(21(27)24-17-12-7-4-8-13-17)25-20(26)16-10-5-3-6-11-16/h3-8,10-13,18H,2,9,14-15H2,1H3,(H2,22,23)(H,24,27)(H,25,26)/t18-/m0/s1. The summed E-state index contributed by atoms with van der Waals surface area (Å²) in [5, 5.41) is 16.3. The number of carbonyl (C=O) groups is 2. The van der Waals surface area contributed by atoms with Crippen LogP contribution in [0.3, 0.4) is 0 Å². The normalized spacial score (nSPS) is 11.3. The Labute approximate surface area is 159 Å². The van der Waals surface area contributed by atoms with Crippen LogP contribution in [-0.2, 0) is 4.79 Å². The van der Waals surface area contributed by atoms with Gasteiger partial charge in [0.2, 0.25) is 5.91 Å². The number of amides is 2. The number of anilines is 1. The van der Waals surface area contributed by atoms with Crippen LogP contribution in [0.25, 0.3) is 0 Å². The van der Waals surface area contributed by atoms with E-state index in [2.05, 4.69) is 16.0 Å². The number of para-hydroxylation sites is 1. The third-order valence-corrected chi connectivity index (χ3v) is 4.06. The average Bonchev–Trinajstić information content (AvgIpc) is 2.71. The summed E-state index contributed by atoms with van der Waals surface area (Å²) in [6, 6.07) is 17.3. The predicted octanol–water partition coefficient (Wildman–Crippen LogP) is 3.18. The molecule has 0 spiro atoms. The number of nitrogens with one attached hydrogen (secondary N) is 4. The van der Waals surface area contributed by atoms with Crippen molar-refractivity contribution in [1.29, 1.82) is 5.41 Å². The molecule has 0 heterocycles. The number of carbonyl (C=O) groups excluding carboxylic acids is 2. The van der Waals surface area contributed by atoms with E-state index in [1.165, 1.54) is 0 Å². The minimum Gasteiger partial charge on any atom is -0.374 e. The average molecular weight is 366 g/mol. The van der Waals surface area contributed by atoms with Crippen LogP contribution >= 0.6 is 0 Å². The Kier molecular flexibility index (Phi) is 8.03. The molecule has 0 bridgehead atoms. The highest BCUT2D eigenvalue weighted by Crippen LogP contribution is 2.09. The first kappa shape index (κ1) is 20.2. The number of benzene rings is 2. The van der Waals surface area contributed by atoms with Crippen LogP contribution in [0.15, 0.2) is 60.7 Å². The van der Waals surface area contributed by atoms with Gasteiger partial charge in [0.15, 0.2) is 0 Å². The fourth-order valence-corrected chi connectivity index (χ4v) is 2.52. The maximum Gasteiger partial charge on any atom is 0.251 e. The van der Waals surface area contributed by atoms with E-state index >= 15 is 0 Å². The molecule has 142 valence electrons. The maximum absolute atomic E-state index is 12.7. The lowest BCUT2D eigenvalue weighted by Gasteiger charge is -2.19. The Bertz CT molecular complexity index is 747. The molecule has 0 radical (unpaired) electrons. The third kappa shape index (κ3) is 6.93. The van der Waals surface area contributed by atoms with E-state index in [1.807, 2.05) is 31.2 Å². The minimum absolute atomic E-state index is 0.254. The van der Waals surface area contributed by atoms with Gasteiger partial charge < -0.3 is 16.0 Å². The third-order valence-electron chi connectivity index (χ3n) is 4.06. The zero-order valence-corrected chi connectivity index (χ0v) is 15.5. The van der Waals surface area contributed by atoms with Crippen LogP contribution in [0, 0.1) is 5.41 Å². The fourth-order valence-electron chi connectivity index (χ4n) is 2.52. The van der Waals surface area contributed by atoms with Crippen molar-refractivity contribution in [2.75, 3.05) is 11.9 Å².